The summed E-state index contributed by atoms with van der Waals surface area (Å²) in [4.78, 5) is 37.2. The zero-order valence-corrected chi connectivity index (χ0v) is 42.7. The van der Waals surface area contributed by atoms with Gasteiger partial charge in [-0.15, -0.1) is 0 Å². The molecule has 0 amide bonds. The largest absolute Gasteiger partial charge is 2.00 e. The summed E-state index contributed by atoms with van der Waals surface area (Å²) < 4.78 is 0. The molecule has 2 aromatic rings. The molecular formula is C26H40Ba3O6P2S4. The van der Waals surface area contributed by atoms with Crippen molar-refractivity contribution in [3.8, 4) is 11.5 Å². The Labute approximate surface area is 390 Å². The normalized spacial score (nSPS) is 9.95. The quantitative estimate of drug-likeness (QED) is 0.141. The molecule has 0 aliphatic rings. The average molecular weight is 1050 g/mol. The number of phenols is 2. The van der Waals surface area contributed by atoms with Gasteiger partial charge in [-0.1, -0.05) is 102 Å². The Morgan fingerprint density at radius 3 is 1.05 bits per heavy atom. The number of aromatic hydroxyl groups is 2. The first-order valence-corrected chi connectivity index (χ1v) is 20.0. The molecule has 0 saturated carbocycles. The van der Waals surface area contributed by atoms with Gasteiger partial charge >= 0.3 is 147 Å². The van der Waals surface area contributed by atoms with Crippen LogP contribution in [-0.2, 0) is 61.0 Å². The fraction of sp³-hybridized carbons (Fsp3) is 0.538. The predicted molar refractivity (Wildman–Crippen MR) is 182 cm³/mol. The zero-order chi connectivity index (χ0) is 29.5. The molecule has 220 valence electrons. The van der Waals surface area contributed by atoms with E-state index in [4.69, 9.17) is 0 Å². The molecule has 2 aromatic carbocycles. The van der Waals surface area contributed by atoms with E-state index in [1.807, 2.05) is 36.4 Å². The summed E-state index contributed by atoms with van der Waals surface area (Å²) in [5, 5.41) is 19.0. The van der Waals surface area contributed by atoms with Crippen molar-refractivity contribution in [3.05, 3.63) is 59.7 Å². The summed E-state index contributed by atoms with van der Waals surface area (Å²) in [5.74, 6) is 0.894. The van der Waals surface area contributed by atoms with Gasteiger partial charge in [0.2, 0.25) is 0 Å². The molecular weight excluding hydrogens is 1010 g/mol. The SMILES string of the molecule is CCCCCCCc1ccccc1O.CCCCCCCc1ccccc1O.[Ba+2].[Ba+2].[Ba+2].[O-]P([O-])(=S)[S-].[O-]P([O-])(=S)[S-]. The molecule has 0 saturated heterocycles. The third-order valence-corrected chi connectivity index (χ3v) is 5.08. The molecule has 0 aromatic heterocycles. The molecule has 0 radical (unpaired) electrons. The van der Waals surface area contributed by atoms with Crippen LogP contribution in [0.5, 0.6) is 11.5 Å². The van der Waals surface area contributed by atoms with Gasteiger partial charge in [0.15, 0.2) is 0 Å². The van der Waals surface area contributed by atoms with Gasteiger partial charge in [0.1, 0.15) is 11.5 Å². The molecule has 0 aliphatic heterocycles. The van der Waals surface area contributed by atoms with Crippen LogP contribution in [-0.4, -0.2) is 157 Å². The van der Waals surface area contributed by atoms with E-state index >= 15 is 0 Å². The van der Waals surface area contributed by atoms with E-state index in [1.54, 1.807) is 12.1 Å². The topological polar surface area (TPSA) is 133 Å². The van der Waals surface area contributed by atoms with Crippen molar-refractivity contribution >= 4 is 206 Å². The zero-order valence-electron chi connectivity index (χ0n) is 24.3. The van der Waals surface area contributed by atoms with Gasteiger partial charge in [0, 0.05) is 0 Å². The van der Waals surface area contributed by atoms with Crippen molar-refractivity contribution < 1.29 is 29.8 Å². The van der Waals surface area contributed by atoms with E-state index in [-0.39, 0.29) is 147 Å². The summed E-state index contributed by atoms with van der Waals surface area (Å²) in [5.41, 5.74) is -5.27. The summed E-state index contributed by atoms with van der Waals surface area (Å²) in [6.07, 6.45) is 14.9. The Bertz CT molecular complexity index is 861. The Balaban J connectivity index is -0.000000151. The Kier molecular flexibility index (Phi) is 48.2. The standard InChI is InChI=1S/2C13H20O.3Ba.2H3O2PS2/c2*1-2-3-4-5-6-9-12-10-7-8-11-13(12)14;;;;2*1-3(2,4)5/h2*7-8,10-11,14H,2-6,9H2,1H3;;;;2*(H3,1,2,4,5)/q;;3*+2;;/p-6. The minimum atomic E-state index is -3.72. The predicted octanol–water partition coefficient (Wildman–Crippen LogP) is 3.62. The van der Waals surface area contributed by atoms with E-state index in [2.05, 4.69) is 62.0 Å². The number of hydrogen-bond acceptors (Lipinski definition) is 10. The summed E-state index contributed by atoms with van der Waals surface area (Å²) >= 11 is 14.6. The maximum Gasteiger partial charge on any atom is 2.00 e. The fourth-order valence-electron chi connectivity index (χ4n) is 3.28. The molecule has 0 heterocycles. The molecule has 0 bridgehead atoms. The number of phenolic OH excluding ortho intramolecular Hbond substituents is 2. The summed E-state index contributed by atoms with van der Waals surface area (Å²) in [6.45, 7) is 4.45. The molecule has 6 nitrogen and oxygen atoms in total. The Morgan fingerprint density at radius 1 is 0.561 bits per heavy atom. The van der Waals surface area contributed by atoms with Crippen LogP contribution in [0, 0.1) is 0 Å². The van der Waals surface area contributed by atoms with Crippen LogP contribution < -0.4 is 19.6 Å². The van der Waals surface area contributed by atoms with Gasteiger partial charge in [0.25, 0.3) is 0 Å². The smallest absolute Gasteiger partial charge is 0.850 e. The number of aryl methyl sites for hydroxylation is 2. The second kappa shape index (κ2) is 35.9. The minimum Gasteiger partial charge on any atom is -0.850 e. The molecule has 0 fully saturated rings. The van der Waals surface area contributed by atoms with Crippen LogP contribution in [0.2, 0.25) is 0 Å². The van der Waals surface area contributed by atoms with E-state index in [0.29, 0.717) is 11.5 Å². The van der Waals surface area contributed by atoms with Gasteiger partial charge in [-0.05, 0) is 48.9 Å². The maximum absolute atomic E-state index is 9.51. The molecule has 41 heavy (non-hydrogen) atoms. The summed E-state index contributed by atoms with van der Waals surface area (Å²) in [6, 6.07) is 15.3. The molecule has 2 N–H and O–H groups in total. The van der Waals surface area contributed by atoms with Crippen LogP contribution in [0.15, 0.2) is 48.5 Å². The van der Waals surface area contributed by atoms with Crippen molar-refractivity contribution in [3.63, 3.8) is 0 Å². The van der Waals surface area contributed by atoms with Crippen LogP contribution in [0.4, 0.5) is 0 Å². The van der Waals surface area contributed by atoms with E-state index in [9.17, 15) is 29.8 Å². The second-order valence-corrected chi connectivity index (χ2v) is 17.4. The van der Waals surface area contributed by atoms with Crippen molar-refractivity contribution in [1.82, 2.24) is 0 Å². The van der Waals surface area contributed by atoms with Crippen molar-refractivity contribution in [1.29, 1.82) is 0 Å². The molecule has 15 heteroatoms. The number of rotatable bonds is 12. The van der Waals surface area contributed by atoms with Crippen molar-refractivity contribution in [2.75, 3.05) is 0 Å². The maximum atomic E-state index is 9.51. The average Bonchev–Trinajstić information content (AvgIpc) is 2.79. The van der Waals surface area contributed by atoms with Gasteiger partial charge in [-0.25, -0.2) is 0 Å². The first-order valence-electron chi connectivity index (χ1n) is 12.7. The molecule has 0 aliphatic carbocycles. The van der Waals surface area contributed by atoms with Crippen molar-refractivity contribution in [2.24, 2.45) is 0 Å². The molecule has 0 atom stereocenters. The van der Waals surface area contributed by atoms with Crippen LogP contribution in [0.3, 0.4) is 0 Å². The van der Waals surface area contributed by atoms with E-state index in [1.165, 1.54) is 64.2 Å². The van der Waals surface area contributed by atoms with Crippen LogP contribution in [0.1, 0.15) is 89.2 Å². The third kappa shape index (κ3) is 49.1. The number of hydrogen-bond donors (Lipinski definition) is 2. The minimum absolute atomic E-state index is 0. The fourth-order valence-corrected chi connectivity index (χ4v) is 3.28. The number of unbranched alkanes of at least 4 members (excludes halogenated alkanes) is 8. The number of para-hydroxylation sites is 2. The second-order valence-electron chi connectivity index (χ2n) is 8.48. The Hall–Kier alpha value is 4.59. The van der Waals surface area contributed by atoms with E-state index < -0.39 is 11.4 Å². The third-order valence-electron chi connectivity index (χ3n) is 5.08. The van der Waals surface area contributed by atoms with Crippen LogP contribution in [0.25, 0.3) is 0 Å². The van der Waals surface area contributed by atoms with Gasteiger partial charge in [-0.3, -0.25) is 0 Å². The monoisotopic (exact) mass is 1050 g/mol. The summed E-state index contributed by atoms with van der Waals surface area (Å²) in [7, 11) is 0. The van der Waals surface area contributed by atoms with Crippen LogP contribution >= 0.6 is 11.4 Å². The van der Waals surface area contributed by atoms with Gasteiger partial charge < -0.3 is 65.7 Å². The first kappa shape index (κ1) is 55.0. The van der Waals surface area contributed by atoms with E-state index in [0.717, 1.165) is 24.0 Å². The van der Waals surface area contributed by atoms with Crippen molar-refractivity contribution in [2.45, 2.75) is 90.9 Å². The molecule has 0 unspecified atom stereocenters. The first-order chi connectivity index (χ1) is 17.7. The number of benzene rings is 2. The van der Waals surface area contributed by atoms with Gasteiger partial charge in [-0.2, -0.15) is 23.6 Å². The molecule has 0 spiro atoms. The van der Waals surface area contributed by atoms with Gasteiger partial charge in [0.05, 0.1) is 0 Å². The molecule has 2 rings (SSSR count). The Morgan fingerprint density at radius 2 is 0.805 bits per heavy atom.